The second kappa shape index (κ2) is 4.98. The van der Waals surface area contributed by atoms with Crippen molar-refractivity contribution >= 4 is 22.5 Å². The lowest BCUT2D eigenvalue weighted by molar-refractivity contribution is 0.414. The number of hydrogen-bond donors (Lipinski definition) is 0. The monoisotopic (exact) mass is 270 g/mol. The molecule has 0 saturated heterocycles. The molecule has 0 aliphatic rings. The van der Waals surface area contributed by atoms with Crippen LogP contribution in [0, 0.1) is 6.20 Å². The molecule has 0 unspecified atom stereocenters. The lowest BCUT2D eigenvalue weighted by Gasteiger charge is -2.06. The molecule has 0 atom stereocenters. The molecule has 0 amide bonds. The molecule has 3 aromatic rings. The number of ether oxygens (including phenoxy) is 1. The van der Waals surface area contributed by atoms with Crippen molar-refractivity contribution in [3.05, 3.63) is 65.3 Å². The topological polar surface area (TPSA) is 14.2 Å². The second-order valence-corrected chi connectivity index (χ2v) is 4.85. The van der Waals surface area contributed by atoms with Crippen molar-refractivity contribution in [3.63, 3.8) is 0 Å². The summed E-state index contributed by atoms with van der Waals surface area (Å²) in [7, 11) is 1.67. The first kappa shape index (κ1) is 12.1. The summed E-state index contributed by atoms with van der Waals surface area (Å²) in [6, 6.07) is 15.9. The van der Waals surface area contributed by atoms with Gasteiger partial charge in [-0.25, -0.2) is 0 Å². The Morgan fingerprint density at radius 3 is 2.68 bits per heavy atom. The van der Waals surface area contributed by atoms with Crippen LogP contribution < -0.4 is 4.74 Å². The first-order valence-electron chi connectivity index (χ1n) is 6.06. The zero-order chi connectivity index (χ0) is 13.2. The largest absolute Gasteiger partial charge is 0.497 e. The van der Waals surface area contributed by atoms with Gasteiger partial charge in [0.15, 0.2) is 0 Å². The van der Waals surface area contributed by atoms with E-state index in [1.54, 1.807) is 7.11 Å². The average molecular weight is 271 g/mol. The summed E-state index contributed by atoms with van der Waals surface area (Å²) in [6.45, 7) is 0.787. The summed E-state index contributed by atoms with van der Waals surface area (Å²) in [5.74, 6) is 0.872. The number of fused-ring (bicyclic) bond motifs is 1. The van der Waals surface area contributed by atoms with E-state index in [9.17, 15) is 0 Å². The third-order valence-corrected chi connectivity index (χ3v) is 3.39. The van der Waals surface area contributed by atoms with Gasteiger partial charge in [0.1, 0.15) is 5.75 Å². The average Bonchev–Trinajstić information content (AvgIpc) is 2.82. The van der Waals surface area contributed by atoms with Crippen LogP contribution in [0.15, 0.2) is 48.5 Å². The van der Waals surface area contributed by atoms with Gasteiger partial charge in [-0.15, -0.1) is 0 Å². The van der Waals surface area contributed by atoms with Crippen LogP contribution in [0.25, 0.3) is 10.9 Å². The van der Waals surface area contributed by atoms with Crippen molar-refractivity contribution < 1.29 is 4.74 Å². The van der Waals surface area contributed by atoms with Crippen LogP contribution in [0.2, 0.25) is 5.02 Å². The zero-order valence-corrected chi connectivity index (χ0v) is 11.3. The van der Waals surface area contributed by atoms with Crippen LogP contribution in [0.3, 0.4) is 0 Å². The fourth-order valence-corrected chi connectivity index (χ4v) is 2.33. The van der Waals surface area contributed by atoms with Crippen LogP contribution in [-0.4, -0.2) is 11.7 Å². The third-order valence-electron chi connectivity index (χ3n) is 3.16. The minimum Gasteiger partial charge on any atom is -0.497 e. The minimum absolute atomic E-state index is 0.753. The smallest absolute Gasteiger partial charge is 0.118 e. The predicted octanol–water partition coefficient (Wildman–Crippen LogP) is 4.15. The molecular weight excluding hydrogens is 258 g/mol. The van der Waals surface area contributed by atoms with E-state index < -0.39 is 0 Å². The maximum atomic E-state index is 5.98. The Balaban J connectivity index is 1.92. The molecule has 0 aliphatic carbocycles. The lowest BCUT2D eigenvalue weighted by atomic mass is 10.2. The molecule has 0 fully saturated rings. The molecule has 0 aliphatic heterocycles. The van der Waals surface area contributed by atoms with Crippen LogP contribution >= 0.6 is 11.6 Å². The number of methoxy groups -OCH3 is 1. The first-order valence-corrected chi connectivity index (χ1v) is 6.43. The van der Waals surface area contributed by atoms with Gasteiger partial charge in [0, 0.05) is 22.5 Å². The van der Waals surface area contributed by atoms with Crippen molar-refractivity contribution in [2.75, 3.05) is 7.11 Å². The quantitative estimate of drug-likeness (QED) is 0.697. The number of nitrogens with zero attached hydrogens (tertiary/aromatic N) is 1. The number of hydrogen-bond acceptors (Lipinski definition) is 1. The van der Waals surface area contributed by atoms with Crippen molar-refractivity contribution in [3.8, 4) is 5.75 Å². The maximum absolute atomic E-state index is 5.98. The molecule has 2 aromatic carbocycles. The molecule has 95 valence electrons. The first-order chi connectivity index (χ1) is 9.26. The molecule has 1 radical (unpaired) electrons. The van der Waals surface area contributed by atoms with Gasteiger partial charge in [-0.05, 0) is 42.0 Å². The van der Waals surface area contributed by atoms with E-state index in [-0.39, 0.29) is 0 Å². The number of halogens is 1. The van der Waals surface area contributed by atoms with Crippen LogP contribution in [0.1, 0.15) is 5.56 Å². The van der Waals surface area contributed by atoms with Gasteiger partial charge in [-0.2, -0.15) is 0 Å². The highest BCUT2D eigenvalue weighted by Gasteiger charge is 2.03. The van der Waals surface area contributed by atoms with Crippen molar-refractivity contribution in [1.82, 2.24) is 4.57 Å². The molecule has 2 nitrogen and oxygen atoms in total. The molecular formula is C16H13ClNO. The Hall–Kier alpha value is -1.93. The molecule has 1 aromatic heterocycles. The molecule has 0 saturated carbocycles. The Bertz CT molecular complexity index is 700. The van der Waals surface area contributed by atoms with E-state index >= 15 is 0 Å². The SMILES string of the molecule is COc1ccc(Cn2[c]cc3cc(Cl)ccc32)cc1. The van der Waals surface area contributed by atoms with Crippen LogP contribution in [0.5, 0.6) is 5.75 Å². The summed E-state index contributed by atoms with van der Waals surface area (Å²) in [5.41, 5.74) is 2.35. The lowest BCUT2D eigenvalue weighted by Crippen LogP contribution is -1.98. The van der Waals surface area contributed by atoms with E-state index in [2.05, 4.69) is 22.9 Å². The van der Waals surface area contributed by atoms with Crippen LogP contribution in [0.4, 0.5) is 0 Å². The maximum Gasteiger partial charge on any atom is 0.118 e. The fourth-order valence-electron chi connectivity index (χ4n) is 2.15. The summed E-state index contributed by atoms with van der Waals surface area (Å²) >= 11 is 5.98. The van der Waals surface area contributed by atoms with Gasteiger partial charge in [-0.1, -0.05) is 23.7 Å². The van der Waals surface area contributed by atoms with E-state index in [1.165, 1.54) is 5.56 Å². The molecule has 0 spiro atoms. The van der Waals surface area contributed by atoms with E-state index in [0.717, 1.165) is 28.2 Å². The molecule has 3 rings (SSSR count). The number of benzene rings is 2. The van der Waals surface area contributed by atoms with Gasteiger partial charge in [0.05, 0.1) is 13.3 Å². The fraction of sp³-hybridized carbons (Fsp3) is 0.125. The summed E-state index contributed by atoms with van der Waals surface area (Å²) in [5, 5.41) is 1.86. The molecule has 19 heavy (non-hydrogen) atoms. The highest BCUT2D eigenvalue weighted by Crippen LogP contribution is 2.21. The van der Waals surface area contributed by atoms with Gasteiger partial charge >= 0.3 is 0 Å². The molecule has 1 heterocycles. The molecule has 3 heteroatoms. The number of aromatic nitrogens is 1. The summed E-state index contributed by atoms with van der Waals surface area (Å²) in [6.07, 6.45) is 3.24. The normalized spacial score (nSPS) is 10.8. The molecule has 0 N–H and O–H groups in total. The van der Waals surface area contributed by atoms with Crippen molar-refractivity contribution in [2.24, 2.45) is 0 Å². The third kappa shape index (κ3) is 2.45. The molecule has 0 bridgehead atoms. The van der Waals surface area contributed by atoms with Crippen LogP contribution in [-0.2, 0) is 6.54 Å². The standard InChI is InChI=1S/C16H13ClNO/c1-19-15-5-2-12(3-6-15)11-18-9-8-13-10-14(17)4-7-16(13)18/h2-8,10H,11H2,1H3. The predicted molar refractivity (Wildman–Crippen MR) is 77.9 cm³/mol. The van der Waals surface area contributed by atoms with E-state index in [0.29, 0.717) is 0 Å². The summed E-state index contributed by atoms with van der Waals surface area (Å²) in [4.78, 5) is 0. The summed E-state index contributed by atoms with van der Waals surface area (Å²) < 4.78 is 7.25. The van der Waals surface area contributed by atoms with Crippen molar-refractivity contribution in [1.29, 1.82) is 0 Å². The zero-order valence-electron chi connectivity index (χ0n) is 10.6. The number of rotatable bonds is 3. The highest BCUT2D eigenvalue weighted by atomic mass is 35.5. The minimum atomic E-state index is 0.753. The highest BCUT2D eigenvalue weighted by molar-refractivity contribution is 6.31. The Kier molecular flexibility index (Phi) is 3.18. The second-order valence-electron chi connectivity index (χ2n) is 4.41. The van der Waals surface area contributed by atoms with Gasteiger partial charge in [0.2, 0.25) is 0 Å². The Morgan fingerprint density at radius 2 is 1.95 bits per heavy atom. The van der Waals surface area contributed by atoms with Gasteiger partial charge in [-0.3, -0.25) is 0 Å². The Labute approximate surface area is 117 Å². The van der Waals surface area contributed by atoms with E-state index in [4.69, 9.17) is 16.3 Å². The van der Waals surface area contributed by atoms with E-state index in [1.807, 2.05) is 36.4 Å². The van der Waals surface area contributed by atoms with Gasteiger partial charge < -0.3 is 9.30 Å². The Morgan fingerprint density at radius 1 is 1.16 bits per heavy atom. The van der Waals surface area contributed by atoms with Gasteiger partial charge in [0.25, 0.3) is 0 Å². The van der Waals surface area contributed by atoms with Crippen molar-refractivity contribution in [2.45, 2.75) is 6.54 Å².